The van der Waals surface area contributed by atoms with Gasteiger partial charge in [0, 0.05) is 25.2 Å². The first kappa shape index (κ1) is 14.0. The largest absolute Gasteiger partial charge is 0.481 e. The van der Waals surface area contributed by atoms with E-state index in [2.05, 4.69) is 22.3 Å². The number of aliphatic carboxylic acids is 1. The van der Waals surface area contributed by atoms with Crippen molar-refractivity contribution in [3.63, 3.8) is 0 Å². The smallest absolute Gasteiger partial charge is 0.305 e. The summed E-state index contributed by atoms with van der Waals surface area (Å²) in [5.74, 6) is -0.720. The third-order valence-corrected chi connectivity index (χ3v) is 3.72. The highest BCUT2D eigenvalue weighted by Crippen LogP contribution is 2.26. The van der Waals surface area contributed by atoms with E-state index in [-0.39, 0.29) is 12.0 Å². The molecule has 1 aliphatic rings. The van der Waals surface area contributed by atoms with Crippen LogP contribution in [0, 0.1) is 0 Å². The van der Waals surface area contributed by atoms with Crippen LogP contribution in [0.5, 0.6) is 0 Å². The van der Waals surface area contributed by atoms with Gasteiger partial charge in [-0.3, -0.25) is 9.69 Å². The normalized spacial score (nSPS) is 23.6. The molecule has 1 fully saturated rings. The zero-order valence-corrected chi connectivity index (χ0v) is 11.4. The van der Waals surface area contributed by atoms with Gasteiger partial charge in [0.05, 0.1) is 6.42 Å². The number of likely N-dealkylation sites (N-methyl/N-ethyl adjacent to an activating group) is 1. The van der Waals surface area contributed by atoms with Gasteiger partial charge in [-0.2, -0.15) is 0 Å². The van der Waals surface area contributed by atoms with Crippen molar-refractivity contribution in [3.05, 3.63) is 35.9 Å². The topological polar surface area (TPSA) is 52.6 Å². The van der Waals surface area contributed by atoms with Crippen LogP contribution in [-0.4, -0.2) is 41.1 Å². The van der Waals surface area contributed by atoms with Crippen LogP contribution in [0.25, 0.3) is 0 Å². The Morgan fingerprint density at radius 3 is 2.79 bits per heavy atom. The molecule has 0 bridgehead atoms. The molecule has 1 aromatic carbocycles. The quantitative estimate of drug-likeness (QED) is 0.819. The standard InChI is InChI=1S/C15H22N2O2/c1-2-16-15(10-14(18)19)8-9-17(12-15)11-13-6-4-3-5-7-13/h3-7,16H,2,8-12H2,1H3,(H,18,19). The highest BCUT2D eigenvalue weighted by molar-refractivity contribution is 5.68. The lowest BCUT2D eigenvalue weighted by Crippen LogP contribution is -2.48. The Morgan fingerprint density at radius 1 is 1.42 bits per heavy atom. The van der Waals surface area contributed by atoms with Crippen LogP contribution in [0.15, 0.2) is 30.3 Å². The second kappa shape index (κ2) is 6.17. The molecule has 1 aromatic rings. The van der Waals surface area contributed by atoms with Crippen molar-refractivity contribution >= 4 is 5.97 Å². The van der Waals surface area contributed by atoms with Gasteiger partial charge in [0.15, 0.2) is 0 Å². The molecule has 0 spiro atoms. The fourth-order valence-electron chi connectivity index (χ4n) is 2.95. The number of benzene rings is 1. The minimum atomic E-state index is -0.720. The lowest BCUT2D eigenvalue weighted by atomic mass is 9.94. The number of nitrogens with one attached hydrogen (secondary N) is 1. The van der Waals surface area contributed by atoms with Crippen LogP contribution in [-0.2, 0) is 11.3 Å². The molecule has 4 heteroatoms. The Hall–Kier alpha value is -1.39. The number of carboxylic acid groups (broad SMARTS) is 1. The molecule has 0 saturated carbocycles. The van der Waals surface area contributed by atoms with Crippen molar-refractivity contribution in [3.8, 4) is 0 Å². The lowest BCUT2D eigenvalue weighted by Gasteiger charge is -2.29. The fraction of sp³-hybridized carbons (Fsp3) is 0.533. The van der Waals surface area contributed by atoms with Gasteiger partial charge < -0.3 is 10.4 Å². The molecule has 1 atom stereocenters. The first-order chi connectivity index (χ1) is 9.13. The summed E-state index contributed by atoms with van der Waals surface area (Å²) in [6, 6.07) is 10.3. The number of carboxylic acids is 1. The Kier molecular flexibility index (Phi) is 4.56. The van der Waals surface area contributed by atoms with Crippen LogP contribution in [0.4, 0.5) is 0 Å². The second-order valence-corrected chi connectivity index (χ2v) is 5.33. The first-order valence-corrected chi connectivity index (χ1v) is 6.87. The summed E-state index contributed by atoms with van der Waals surface area (Å²) in [5.41, 5.74) is 1.03. The minimum Gasteiger partial charge on any atom is -0.481 e. The van der Waals surface area contributed by atoms with Crippen LogP contribution >= 0.6 is 0 Å². The van der Waals surface area contributed by atoms with Crippen molar-refractivity contribution in [2.75, 3.05) is 19.6 Å². The molecule has 1 heterocycles. The maximum absolute atomic E-state index is 11.0. The predicted octanol–water partition coefficient (Wildman–Crippen LogP) is 1.72. The van der Waals surface area contributed by atoms with Gasteiger partial charge in [-0.1, -0.05) is 37.3 Å². The van der Waals surface area contributed by atoms with Gasteiger partial charge in [-0.15, -0.1) is 0 Å². The first-order valence-electron chi connectivity index (χ1n) is 6.87. The summed E-state index contributed by atoms with van der Waals surface area (Å²) in [4.78, 5) is 13.4. The molecule has 2 rings (SSSR count). The zero-order valence-electron chi connectivity index (χ0n) is 11.4. The summed E-state index contributed by atoms with van der Waals surface area (Å²) in [6.07, 6.45) is 1.10. The summed E-state index contributed by atoms with van der Waals surface area (Å²) in [7, 11) is 0. The average molecular weight is 262 g/mol. The molecule has 19 heavy (non-hydrogen) atoms. The van der Waals surface area contributed by atoms with Gasteiger partial charge >= 0.3 is 5.97 Å². The molecular formula is C15H22N2O2. The molecule has 0 amide bonds. The van der Waals surface area contributed by atoms with Crippen molar-refractivity contribution in [1.82, 2.24) is 10.2 Å². The number of likely N-dealkylation sites (tertiary alicyclic amines) is 1. The van der Waals surface area contributed by atoms with Crippen molar-refractivity contribution in [2.45, 2.75) is 31.8 Å². The van der Waals surface area contributed by atoms with Gasteiger partial charge in [0.25, 0.3) is 0 Å². The van der Waals surface area contributed by atoms with Crippen molar-refractivity contribution in [2.24, 2.45) is 0 Å². The lowest BCUT2D eigenvalue weighted by molar-refractivity contribution is -0.138. The predicted molar refractivity (Wildman–Crippen MR) is 75.0 cm³/mol. The third kappa shape index (κ3) is 3.78. The van der Waals surface area contributed by atoms with Gasteiger partial charge in [0.2, 0.25) is 0 Å². The van der Waals surface area contributed by atoms with Gasteiger partial charge in [-0.05, 0) is 18.5 Å². The van der Waals surface area contributed by atoms with Crippen molar-refractivity contribution < 1.29 is 9.90 Å². The highest BCUT2D eigenvalue weighted by atomic mass is 16.4. The highest BCUT2D eigenvalue weighted by Gasteiger charge is 2.38. The van der Waals surface area contributed by atoms with E-state index < -0.39 is 5.97 Å². The number of hydrogen-bond acceptors (Lipinski definition) is 3. The number of rotatable bonds is 6. The number of carbonyl (C=O) groups is 1. The second-order valence-electron chi connectivity index (χ2n) is 5.33. The van der Waals surface area contributed by atoms with E-state index in [1.165, 1.54) is 5.56 Å². The molecule has 1 unspecified atom stereocenters. The van der Waals surface area contributed by atoms with E-state index in [9.17, 15) is 4.79 Å². The maximum Gasteiger partial charge on any atom is 0.305 e. The fourth-order valence-corrected chi connectivity index (χ4v) is 2.95. The summed E-state index contributed by atoms with van der Waals surface area (Å²) >= 11 is 0. The van der Waals surface area contributed by atoms with E-state index in [1.807, 2.05) is 25.1 Å². The maximum atomic E-state index is 11.0. The Bertz CT molecular complexity index is 421. The van der Waals surface area contributed by atoms with Gasteiger partial charge in [-0.25, -0.2) is 0 Å². The van der Waals surface area contributed by atoms with Crippen LogP contribution in [0.2, 0.25) is 0 Å². The van der Waals surface area contributed by atoms with E-state index in [4.69, 9.17) is 5.11 Å². The van der Waals surface area contributed by atoms with Crippen LogP contribution in [0.3, 0.4) is 0 Å². The number of hydrogen-bond donors (Lipinski definition) is 2. The van der Waals surface area contributed by atoms with E-state index in [0.29, 0.717) is 0 Å². The van der Waals surface area contributed by atoms with Crippen molar-refractivity contribution in [1.29, 1.82) is 0 Å². The summed E-state index contributed by atoms with van der Waals surface area (Å²) in [5, 5.41) is 12.5. The van der Waals surface area contributed by atoms with E-state index >= 15 is 0 Å². The average Bonchev–Trinajstić information content (AvgIpc) is 2.73. The van der Waals surface area contributed by atoms with Crippen LogP contribution < -0.4 is 5.32 Å². The summed E-state index contributed by atoms with van der Waals surface area (Å²) < 4.78 is 0. The molecule has 0 aliphatic carbocycles. The molecular weight excluding hydrogens is 240 g/mol. The molecule has 0 radical (unpaired) electrons. The Balaban J connectivity index is 1.98. The van der Waals surface area contributed by atoms with Crippen LogP contribution in [0.1, 0.15) is 25.3 Å². The van der Waals surface area contributed by atoms with E-state index in [0.717, 1.165) is 32.6 Å². The van der Waals surface area contributed by atoms with E-state index in [1.54, 1.807) is 0 Å². The monoisotopic (exact) mass is 262 g/mol. The zero-order chi connectivity index (χ0) is 13.7. The third-order valence-electron chi connectivity index (χ3n) is 3.72. The molecule has 104 valence electrons. The minimum absolute atomic E-state index is 0.201. The SMILES string of the molecule is CCNC1(CC(=O)O)CCN(Cc2ccccc2)C1. The Labute approximate surface area is 114 Å². The molecule has 1 saturated heterocycles. The summed E-state index contributed by atoms with van der Waals surface area (Å²) in [6.45, 7) is 5.50. The molecule has 2 N–H and O–H groups in total. The molecule has 1 aliphatic heterocycles. The molecule has 4 nitrogen and oxygen atoms in total. The number of nitrogens with zero attached hydrogens (tertiary/aromatic N) is 1. The Morgan fingerprint density at radius 2 is 2.16 bits per heavy atom. The van der Waals surface area contributed by atoms with Gasteiger partial charge in [0.1, 0.15) is 0 Å². The molecule has 0 aromatic heterocycles.